The molecule has 0 aromatic carbocycles. The molecule has 1 aliphatic heterocycles. The highest BCUT2D eigenvalue weighted by Crippen LogP contribution is 2.25. The van der Waals surface area contributed by atoms with Gasteiger partial charge in [0.2, 0.25) is 0 Å². The van der Waals surface area contributed by atoms with E-state index < -0.39 is 5.97 Å². The number of hydrogen-bond acceptors (Lipinski definition) is 6. The van der Waals surface area contributed by atoms with Crippen LogP contribution >= 0.6 is 11.3 Å². The summed E-state index contributed by atoms with van der Waals surface area (Å²) in [6, 6.07) is 0. The van der Waals surface area contributed by atoms with Crippen LogP contribution in [0, 0.1) is 5.92 Å². The molecule has 1 unspecified atom stereocenters. The van der Waals surface area contributed by atoms with Gasteiger partial charge < -0.3 is 9.47 Å². The maximum atomic E-state index is 11.5. The van der Waals surface area contributed by atoms with Crippen LogP contribution in [0.2, 0.25) is 0 Å². The van der Waals surface area contributed by atoms with Crippen LogP contribution in [0.25, 0.3) is 0 Å². The number of ketones is 1. The number of ether oxygens (including phenoxy) is 2. The summed E-state index contributed by atoms with van der Waals surface area (Å²) in [5.41, 5.74) is 0.143. The maximum Gasteiger partial charge on any atom is 0.358 e. The number of rotatable bonds is 4. The van der Waals surface area contributed by atoms with Crippen molar-refractivity contribution in [3.8, 4) is 0 Å². The van der Waals surface area contributed by atoms with Gasteiger partial charge in [-0.05, 0) is 12.3 Å². The highest BCUT2D eigenvalue weighted by atomic mass is 32.1. The molecule has 0 aliphatic carbocycles. The van der Waals surface area contributed by atoms with Crippen molar-refractivity contribution in [2.24, 2.45) is 5.92 Å². The first-order chi connectivity index (χ1) is 8.61. The van der Waals surface area contributed by atoms with Gasteiger partial charge in [0.15, 0.2) is 11.5 Å². The number of methoxy groups -OCH3 is 1. The van der Waals surface area contributed by atoms with Gasteiger partial charge in [-0.3, -0.25) is 4.79 Å². The number of esters is 1. The first-order valence-electron chi connectivity index (χ1n) is 5.78. The van der Waals surface area contributed by atoms with Crippen LogP contribution in [0.15, 0.2) is 0 Å². The zero-order valence-corrected chi connectivity index (χ0v) is 11.2. The second-order valence-corrected chi connectivity index (χ2v) is 5.35. The third kappa shape index (κ3) is 2.76. The lowest BCUT2D eigenvalue weighted by molar-refractivity contribution is 0.0591. The number of aromatic nitrogens is 1. The average Bonchev–Trinajstić information content (AvgIpc) is 2.97. The second-order valence-electron chi connectivity index (χ2n) is 4.27. The van der Waals surface area contributed by atoms with Gasteiger partial charge in [0.25, 0.3) is 0 Å². The Morgan fingerprint density at radius 2 is 2.33 bits per heavy atom. The lowest BCUT2D eigenvalue weighted by Gasteiger charge is -2.02. The number of nitrogens with zero attached hydrogens (tertiary/aromatic N) is 1. The van der Waals surface area contributed by atoms with Crippen molar-refractivity contribution < 1.29 is 19.1 Å². The first-order valence-corrected chi connectivity index (χ1v) is 6.60. The summed E-state index contributed by atoms with van der Waals surface area (Å²) in [5, 5.41) is 0.802. The van der Waals surface area contributed by atoms with Crippen molar-refractivity contribution in [3.63, 3.8) is 0 Å². The molecule has 5 nitrogen and oxygen atoms in total. The van der Waals surface area contributed by atoms with Crippen LogP contribution in [0.5, 0.6) is 0 Å². The zero-order valence-electron chi connectivity index (χ0n) is 10.4. The summed E-state index contributed by atoms with van der Waals surface area (Å²) in [5.74, 6) is -0.270. The summed E-state index contributed by atoms with van der Waals surface area (Å²) in [4.78, 5) is 27.6. The fraction of sp³-hybridized carbons (Fsp3) is 0.583. The highest BCUT2D eigenvalue weighted by Gasteiger charge is 2.24. The Kier molecular flexibility index (Phi) is 4.08. The van der Waals surface area contributed by atoms with Gasteiger partial charge in [-0.1, -0.05) is 0 Å². The Bertz CT molecular complexity index is 463. The maximum absolute atomic E-state index is 11.5. The second kappa shape index (κ2) is 5.58. The molecule has 0 radical (unpaired) electrons. The Balaban J connectivity index is 2.21. The molecule has 0 amide bonds. The van der Waals surface area contributed by atoms with Crippen LogP contribution in [-0.4, -0.2) is 37.1 Å². The molecule has 1 aliphatic rings. The molecule has 98 valence electrons. The fourth-order valence-corrected chi connectivity index (χ4v) is 2.98. The molecule has 1 saturated heterocycles. The first kappa shape index (κ1) is 13.2. The number of carbonyl (C=O) groups is 2. The minimum atomic E-state index is -0.551. The van der Waals surface area contributed by atoms with E-state index in [9.17, 15) is 9.59 Å². The van der Waals surface area contributed by atoms with Crippen LogP contribution in [0.4, 0.5) is 0 Å². The molecule has 0 spiro atoms. The Hall–Kier alpha value is -1.27. The number of hydrogen-bond donors (Lipinski definition) is 0. The van der Waals surface area contributed by atoms with E-state index >= 15 is 0 Å². The lowest BCUT2D eigenvalue weighted by Crippen LogP contribution is -2.08. The van der Waals surface area contributed by atoms with Crippen LogP contribution in [0.1, 0.15) is 38.5 Å². The van der Waals surface area contributed by atoms with Gasteiger partial charge in [0.1, 0.15) is 4.88 Å². The molecule has 0 saturated carbocycles. The van der Waals surface area contributed by atoms with E-state index in [0.29, 0.717) is 10.8 Å². The Morgan fingerprint density at radius 1 is 1.56 bits per heavy atom. The molecule has 0 N–H and O–H groups in total. The minimum absolute atomic E-state index is 0.143. The van der Waals surface area contributed by atoms with Gasteiger partial charge in [-0.25, -0.2) is 9.78 Å². The number of Topliss-reactive ketones (excluding diaryl/α,β-unsaturated/α-hetero) is 1. The van der Waals surface area contributed by atoms with Gasteiger partial charge in [-0.2, -0.15) is 0 Å². The van der Waals surface area contributed by atoms with Crippen LogP contribution in [0.3, 0.4) is 0 Å². The van der Waals surface area contributed by atoms with Gasteiger partial charge in [-0.15, -0.1) is 11.3 Å². The summed E-state index contributed by atoms with van der Waals surface area (Å²) >= 11 is 1.28. The van der Waals surface area contributed by atoms with Crippen molar-refractivity contribution in [1.82, 2.24) is 4.98 Å². The quantitative estimate of drug-likeness (QED) is 0.615. The van der Waals surface area contributed by atoms with Crippen molar-refractivity contribution in [3.05, 3.63) is 15.6 Å². The smallest absolute Gasteiger partial charge is 0.358 e. The predicted octanol–water partition coefficient (Wildman–Crippen LogP) is 1.71. The molecule has 2 heterocycles. The number of carbonyl (C=O) groups excluding carboxylic acids is 2. The van der Waals surface area contributed by atoms with Gasteiger partial charge in [0, 0.05) is 26.6 Å². The summed E-state index contributed by atoms with van der Waals surface area (Å²) < 4.78 is 9.94. The molecule has 1 atom stereocenters. The molecule has 1 aromatic heterocycles. The van der Waals surface area contributed by atoms with Gasteiger partial charge in [0.05, 0.1) is 12.1 Å². The van der Waals surface area contributed by atoms with Gasteiger partial charge >= 0.3 is 5.97 Å². The molecule has 6 heteroatoms. The van der Waals surface area contributed by atoms with Crippen molar-refractivity contribution in [2.75, 3.05) is 20.3 Å². The largest absolute Gasteiger partial charge is 0.464 e. The number of thiazole rings is 1. The van der Waals surface area contributed by atoms with Crippen LogP contribution in [-0.2, 0) is 15.9 Å². The SMILES string of the molecule is COC(=O)c1nc(CC2CCOC2)sc1C(C)=O. The Labute approximate surface area is 109 Å². The normalized spacial score (nSPS) is 18.9. The third-order valence-corrected chi connectivity index (χ3v) is 4.04. The van der Waals surface area contributed by atoms with Crippen molar-refractivity contribution >= 4 is 23.1 Å². The minimum Gasteiger partial charge on any atom is -0.464 e. The van der Waals surface area contributed by atoms with E-state index in [1.807, 2.05) is 0 Å². The van der Waals surface area contributed by atoms with E-state index in [4.69, 9.17) is 4.74 Å². The zero-order chi connectivity index (χ0) is 13.1. The summed E-state index contributed by atoms with van der Waals surface area (Å²) in [7, 11) is 1.29. The standard InChI is InChI=1S/C12H15NO4S/c1-7(14)11-10(12(15)16-2)13-9(18-11)5-8-3-4-17-6-8/h8H,3-6H2,1-2H3. The molecular formula is C12H15NO4S. The van der Waals surface area contributed by atoms with E-state index in [0.717, 1.165) is 31.1 Å². The average molecular weight is 269 g/mol. The highest BCUT2D eigenvalue weighted by molar-refractivity contribution is 7.14. The van der Waals surface area contributed by atoms with Crippen LogP contribution < -0.4 is 0 Å². The van der Waals surface area contributed by atoms with E-state index in [1.54, 1.807) is 0 Å². The molecule has 1 fully saturated rings. The molecule has 2 rings (SSSR count). The van der Waals surface area contributed by atoms with Crippen molar-refractivity contribution in [1.29, 1.82) is 0 Å². The summed E-state index contributed by atoms with van der Waals surface area (Å²) in [6.07, 6.45) is 1.75. The fourth-order valence-electron chi connectivity index (χ4n) is 1.92. The topological polar surface area (TPSA) is 65.5 Å². The third-order valence-electron chi connectivity index (χ3n) is 2.86. The molecule has 1 aromatic rings. The molecule has 0 bridgehead atoms. The predicted molar refractivity (Wildman–Crippen MR) is 66.1 cm³/mol. The van der Waals surface area contributed by atoms with Crippen molar-refractivity contribution in [2.45, 2.75) is 19.8 Å². The summed E-state index contributed by atoms with van der Waals surface area (Å²) in [6.45, 7) is 2.93. The van der Waals surface area contributed by atoms with E-state index in [2.05, 4.69) is 9.72 Å². The monoisotopic (exact) mass is 269 g/mol. The lowest BCUT2D eigenvalue weighted by atomic mass is 10.1. The van der Waals surface area contributed by atoms with E-state index in [-0.39, 0.29) is 11.5 Å². The molecule has 18 heavy (non-hydrogen) atoms. The Morgan fingerprint density at radius 3 is 2.89 bits per heavy atom. The van der Waals surface area contributed by atoms with E-state index in [1.165, 1.54) is 25.4 Å². The molecular weight excluding hydrogens is 254 g/mol.